The molecule has 1 aliphatic rings. The minimum Gasteiger partial charge on any atom is -0.378 e. The molecule has 0 saturated heterocycles. The molecule has 1 saturated carbocycles. The summed E-state index contributed by atoms with van der Waals surface area (Å²) in [6.07, 6.45) is 8.70. The Hall–Kier alpha value is -0.830. The Morgan fingerprint density at radius 1 is 1.21 bits per heavy atom. The van der Waals surface area contributed by atoms with Crippen LogP contribution in [0.1, 0.15) is 69.8 Å². The van der Waals surface area contributed by atoms with Crippen LogP contribution in [-0.4, -0.2) is 42.0 Å². The summed E-state index contributed by atoms with van der Waals surface area (Å²) in [5.74, 6) is 1.58. The predicted molar refractivity (Wildman–Crippen MR) is 128 cm³/mol. The van der Waals surface area contributed by atoms with Crippen LogP contribution in [0.25, 0.3) is 0 Å². The summed E-state index contributed by atoms with van der Waals surface area (Å²) < 4.78 is 8.04. The van der Waals surface area contributed by atoms with Gasteiger partial charge in [0.15, 0.2) is 5.96 Å². The van der Waals surface area contributed by atoms with Crippen LogP contribution < -0.4 is 10.6 Å². The number of nitrogens with one attached hydrogen (secondary N) is 2. The molecular formula is C21H40IN5O. The highest BCUT2D eigenvalue weighted by Gasteiger charge is 2.25. The first-order chi connectivity index (χ1) is 13.1. The fraction of sp³-hybridized carbons (Fsp3) is 0.810. The van der Waals surface area contributed by atoms with Gasteiger partial charge in [0.1, 0.15) is 0 Å². The van der Waals surface area contributed by atoms with E-state index >= 15 is 0 Å². The number of aromatic nitrogens is 2. The Bertz CT molecular complexity index is 596. The topological polar surface area (TPSA) is 63.5 Å². The lowest BCUT2D eigenvalue weighted by molar-refractivity contribution is 0.0169. The van der Waals surface area contributed by atoms with Gasteiger partial charge in [0, 0.05) is 45.0 Å². The maximum Gasteiger partial charge on any atom is 0.191 e. The normalized spacial score (nSPS) is 16.1. The van der Waals surface area contributed by atoms with Crippen LogP contribution >= 0.6 is 24.0 Å². The largest absolute Gasteiger partial charge is 0.378 e. The molecule has 1 aromatic rings. The summed E-state index contributed by atoms with van der Waals surface area (Å²) in [7, 11) is 3.86. The van der Waals surface area contributed by atoms with Gasteiger partial charge in [-0.15, -0.1) is 24.0 Å². The van der Waals surface area contributed by atoms with Crippen molar-refractivity contribution in [3.8, 4) is 0 Å². The maximum absolute atomic E-state index is 6.02. The van der Waals surface area contributed by atoms with Crippen molar-refractivity contribution < 1.29 is 4.74 Å². The zero-order valence-electron chi connectivity index (χ0n) is 18.4. The smallest absolute Gasteiger partial charge is 0.191 e. The molecule has 1 unspecified atom stereocenters. The van der Waals surface area contributed by atoms with Crippen LogP contribution in [0.5, 0.6) is 0 Å². The van der Waals surface area contributed by atoms with E-state index in [1.165, 1.54) is 42.6 Å². The summed E-state index contributed by atoms with van der Waals surface area (Å²) in [6, 6.07) is 0. The van der Waals surface area contributed by atoms with Crippen molar-refractivity contribution in [2.45, 2.75) is 78.4 Å². The predicted octanol–water partition coefficient (Wildman–Crippen LogP) is 3.81. The standard InChI is InChI=1S/C21H39N5O.HI/c1-6-18-17(19(7-2)26(5)25-18)15-24-21(22-4)23-14-13-20(27-8-3)16-11-9-10-12-16;/h16,20H,6-15H2,1-5H3,(H2,22,23,24);1H. The lowest BCUT2D eigenvalue weighted by Gasteiger charge is -2.24. The molecule has 2 N–H and O–H groups in total. The second-order valence-corrected chi connectivity index (χ2v) is 7.38. The third-order valence-corrected chi connectivity index (χ3v) is 5.71. The second kappa shape index (κ2) is 13.4. The van der Waals surface area contributed by atoms with Crippen molar-refractivity contribution in [1.29, 1.82) is 0 Å². The van der Waals surface area contributed by atoms with Gasteiger partial charge in [0.05, 0.1) is 11.8 Å². The number of rotatable bonds is 10. The molecule has 1 aromatic heterocycles. The van der Waals surface area contributed by atoms with Crippen LogP contribution in [0.15, 0.2) is 4.99 Å². The number of ether oxygens (including phenoxy) is 1. The van der Waals surface area contributed by atoms with Gasteiger partial charge in [-0.25, -0.2) is 0 Å². The number of halogens is 1. The molecule has 1 atom stereocenters. The van der Waals surface area contributed by atoms with Gasteiger partial charge < -0.3 is 15.4 Å². The van der Waals surface area contributed by atoms with Crippen LogP contribution in [-0.2, 0) is 31.2 Å². The number of guanidine groups is 1. The molecule has 1 aliphatic carbocycles. The average Bonchev–Trinajstić information content (AvgIpc) is 3.31. The van der Waals surface area contributed by atoms with E-state index in [9.17, 15) is 0 Å². The maximum atomic E-state index is 6.02. The van der Waals surface area contributed by atoms with Crippen molar-refractivity contribution in [3.63, 3.8) is 0 Å². The van der Waals surface area contributed by atoms with Gasteiger partial charge in [-0.05, 0) is 44.9 Å². The SMILES string of the molecule is CCOC(CCNC(=NC)NCc1c(CC)nn(C)c1CC)C1CCCC1.I. The van der Waals surface area contributed by atoms with E-state index in [1.807, 2.05) is 18.8 Å². The first-order valence-corrected chi connectivity index (χ1v) is 10.7. The molecule has 0 aliphatic heterocycles. The molecule has 0 amide bonds. The fourth-order valence-corrected chi connectivity index (χ4v) is 4.32. The van der Waals surface area contributed by atoms with Gasteiger partial charge >= 0.3 is 0 Å². The Morgan fingerprint density at radius 2 is 1.93 bits per heavy atom. The summed E-state index contributed by atoms with van der Waals surface area (Å²) in [6.45, 7) is 8.89. The van der Waals surface area contributed by atoms with Crippen LogP contribution in [0, 0.1) is 5.92 Å². The molecule has 0 bridgehead atoms. The third-order valence-electron chi connectivity index (χ3n) is 5.71. The molecule has 0 radical (unpaired) electrons. The molecule has 1 heterocycles. The van der Waals surface area contributed by atoms with E-state index in [2.05, 4.69) is 41.5 Å². The lowest BCUT2D eigenvalue weighted by Crippen LogP contribution is -2.39. The minimum atomic E-state index is 0. The number of hydrogen-bond donors (Lipinski definition) is 2. The zero-order chi connectivity index (χ0) is 19.6. The first kappa shape index (κ1) is 25.2. The van der Waals surface area contributed by atoms with Crippen molar-refractivity contribution >= 4 is 29.9 Å². The summed E-state index contributed by atoms with van der Waals surface area (Å²) in [5, 5.41) is 11.6. The van der Waals surface area contributed by atoms with E-state index in [0.29, 0.717) is 6.10 Å². The Morgan fingerprint density at radius 3 is 2.50 bits per heavy atom. The van der Waals surface area contributed by atoms with Crippen LogP contribution in [0.3, 0.4) is 0 Å². The number of aryl methyl sites for hydroxylation is 2. The average molecular weight is 505 g/mol. The van der Waals surface area contributed by atoms with Crippen molar-refractivity contribution in [2.24, 2.45) is 18.0 Å². The highest BCUT2D eigenvalue weighted by Crippen LogP contribution is 2.30. The van der Waals surface area contributed by atoms with E-state index in [1.54, 1.807) is 0 Å². The molecule has 1 fully saturated rings. The fourth-order valence-electron chi connectivity index (χ4n) is 4.32. The van der Waals surface area contributed by atoms with Gasteiger partial charge in [0.2, 0.25) is 0 Å². The Labute approximate surface area is 188 Å². The van der Waals surface area contributed by atoms with Crippen LogP contribution in [0.4, 0.5) is 0 Å². The molecule has 162 valence electrons. The van der Waals surface area contributed by atoms with Gasteiger partial charge in [-0.2, -0.15) is 5.10 Å². The molecule has 6 nitrogen and oxygen atoms in total. The molecule has 2 rings (SSSR count). The number of hydrogen-bond acceptors (Lipinski definition) is 3. The van der Waals surface area contributed by atoms with Crippen molar-refractivity contribution in [1.82, 2.24) is 20.4 Å². The summed E-state index contributed by atoms with van der Waals surface area (Å²) in [5.41, 5.74) is 3.78. The first-order valence-electron chi connectivity index (χ1n) is 10.7. The third kappa shape index (κ3) is 6.90. The molecule has 0 spiro atoms. The number of aliphatic imine (C=N–C) groups is 1. The summed E-state index contributed by atoms with van der Waals surface area (Å²) in [4.78, 5) is 4.39. The van der Waals surface area contributed by atoms with Gasteiger partial charge in [-0.1, -0.05) is 26.7 Å². The van der Waals surface area contributed by atoms with E-state index in [0.717, 1.165) is 50.8 Å². The van der Waals surface area contributed by atoms with Gasteiger partial charge in [-0.3, -0.25) is 9.67 Å². The molecule has 28 heavy (non-hydrogen) atoms. The Balaban J connectivity index is 0.00000392. The number of nitrogens with zero attached hydrogens (tertiary/aromatic N) is 3. The summed E-state index contributed by atoms with van der Waals surface area (Å²) >= 11 is 0. The van der Waals surface area contributed by atoms with Crippen molar-refractivity contribution in [2.75, 3.05) is 20.2 Å². The highest BCUT2D eigenvalue weighted by molar-refractivity contribution is 14.0. The molecular weight excluding hydrogens is 465 g/mol. The molecule has 0 aromatic carbocycles. The Kier molecular flexibility index (Phi) is 12.1. The minimum absolute atomic E-state index is 0. The quantitative estimate of drug-likeness (QED) is 0.289. The highest BCUT2D eigenvalue weighted by atomic mass is 127. The van der Waals surface area contributed by atoms with E-state index in [4.69, 9.17) is 4.74 Å². The second-order valence-electron chi connectivity index (χ2n) is 7.38. The van der Waals surface area contributed by atoms with Crippen LogP contribution in [0.2, 0.25) is 0 Å². The van der Waals surface area contributed by atoms with E-state index in [-0.39, 0.29) is 24.0 Å². The zero-order valence-corrected chi connectivity index (χ0v) is 20.7. The van der Waals surface area contributed by atoms with Gasteiger partial charge in [0.25, 0.3) is 0 Å². The lowest BCUT2D eigenvalue weighted by atomic mass is 9.98. The van der Waals surface area contributed by atoms with E-state index < -0.39 is 0 Å². The molecule has 7 heteroatoms. The van der Waals surface area contributed by atoms with Crippen molar-refractivity contribution in [3.05, 3.63) is 17.0 Å². The monoisotopic (exact) mass is 505 g/mol.